The third-order valence-corrected chi connectivity index (χ3v) is 4.94. The van der Waals surface area contributed by atoms with Crippen molar-refractivity contribution in [1.29, 1.82) is 0 Å². The van der Waals surface area contributed by atoms with Crippen molar-refractivity contribution in [1.82, 2.24) is 4.90 Å². The Balaban J connectivity index is 2.07. The van der Waals surface area contributed by atoms with Crippen LogP contribution in [0.25, 0.3) is 0 Å². The van der Waals surface area contributed by atoms with E-state index >= 15 is 0 Å². The standard InChI is InChI=1S/C15H14ClNO2S/c16-12-4-2-1-3-10(12)15-11-6-8-20-13(11)5-7-17(15)9-14(18)19/h1-4,6,8,15H,5,7,9H2,(H,18,19)/t15-/m0/s1. The molecule has 0 amide bonds. The number of hydrogen-bond acceptors (Lipinski definition) is 3. The molecule has 3 nitrogen and oxygen atoms in total. The Kier molecular flexibility index (Phi) is 3.78. The smallest absolute Gasteiger partial charge is 0.317 e. The van der Waals surface area contributed by atoms with E-state index in [-0.39, 0.29) is 12.6 Å². The van der Waals surface area contributed by atoms with Gasteiger partial charge in [-0.25, -0.2) is 0 Å². The van der Waals surface area contributed by atoms with Crippen LogP contribution in [-0.2, 0) is 11.2 Å². The number of carboxylic acids is 1. The molecule has 1 aliphatic rings. The fraction of sp³-hybridized carbons (Fsp3) is 0.267. The molecule has 1 N–H and O–H groups in total. The minimum Gasteiger partial charge on any atom is -0.480 e. The molecule has 2 heterocycles. The Morgan fingerprint density at radius 2 is 2.15 bits per heavy atom. The predicted molar refractivity (Wildman–Crippen MR) is 80.5 cm³/mol. The van der Waals surface area contributed by atoms with Crippen molar-refractivity contribution in [3.05, 3.63) is 56.7 Å². The quantitative estimate of drug-likeness (QED) is 0.944. The van der Waals surface area contributed by atoms with Gasteiger partial charge in [-0.15, -0.1) is 11.3 Å². The highest BCUT2D eigenvalue weighted by Crippen LogP contribution is 2.39. The number of benzene rings is 1. The summed E-state index contributed by atoms with van der Waals surface area (Å²) < 4.78 is 0. The topological polar surface area (TPSA) is 40.5 Å². The van der Waals surface area contributed by atoms with Crippen LogP contribution in [0.4, 0.5) is 0 Å². The molecule has 3 rings (SSSR count). The van der Waals surface area contributed by atoms with Crippen molar-refractivity contribution >= 4 is 28.9 Å². The third-order valence-electron chi connectivity index (χ3n) is 3.60. The fourth-order valence-electron chi connectivity index (χ4n) is 2.77. The van der Waals surface area contributed by atoms with Gasteiger partial charge >= 0.3 is 5.97 Å². The van der Waals surface area contributed by atoms with E-state index in [0.717, 1.165) is 18.5 Å². The highest BCUT2D eigenvalue weighted by Gasteiger charge is 2.31. The van der Waals surface area contributed by atoms with Crippen molar-refractivity contribution in [2.75, 3.05) is 13.1 Å². The van der Waals surface area contributed by atoms with Crippen LogP contribution in [0, 0.1) is 0 Å². The zero-order chi connectivity index (χ0) is 14.1. The first-order chi connectivity index (χ1) is 9.66. The first kappa shape index (κ1) is 13.6. The second-order valence-electron chi connectivity index (χ2n) is 4.84. The number of carbonyl (C=O) groups is 1. The zero-order valence-electron chi connectivity index (χ0n) is 10.8. The Morgan fingerprint density at radius 3 is 2.90 bits per heavy atom. The molecule has 0 radical (unpaired) electrons. The van der Waals surface area contributed by atoms with Crippen LogP contribution in [0.1, 0.15) is 22.0 Å². The molecule has 0 bridgehead atoms. The van der Waals surface area contributed by atoms with Gasteiger partial charge in [0.1, 0.15) is 0 Å². The Bertz CT molecular complexity index is 640. The van der Waals surface area contributed by atoms with E-state index < -0.39 is 5.97 Å². The molecule has 1 aromatic carbocycles. The average Bonchev–Trinajstić information content (AvgIpc) is 2.87. The Hall–Kier alpha value is -1.36. The molecule has 0 saturated heterocycles. The second-order valence-corrected chi connectivity index (χ2v) is 6.25. The molecule has 0 aliphatic carbocycles. The minimum atomic E-state index is -0.805. The molecule has 0 unspecified atom stereocenters. The van der Waals surface area contributed by atoms with Gasteiger partial charge in [-0.3, -0.25) is 9.69 Å². The van der Waals surface area contributed by atoms with E-state index in [4.69, 9.17) is 16.7 Å². The summed E-state index contributed by atoms with van der Waals surface area (Å²) in [4.78, 5) is 14.4. The monoisotopic (exact) mass is 307 g/mol. The summed E-state index contributed by atoms with van der Waals surface area (Å²) in [6.45, 7) is 0.779. The summed E-state index contributed by atoms with van der Waals surface area (Å²) in [5.41, 5.74) is 2.17. The summed E-state index contributed by atoms with van der Waals surface area (Å²) in [6.07, 6.45) is 0.904. The maximum absolute atomic E-state index is 11.1. The lowest BCUT2D eigenvalue weighted by atomic mass is 9.93. The van der Waals surface area contributed by atoms with Crippen LogP contribution in [0.15, 0.2) is 35.7 Å². The number of hydrogen-bond donors (Lipinski definition) is 1. The molecule has 1 aliphatic heterocycles. The number of halogens is 1. The van der Waals surface area contributed by atoms with Gasteiger partial charge in [0.25, 0.3) is 0 Å². The maximum atomic E-state index is 11.1. The second kappa shape index (κ2) is 5.56. The number of rotatable bonds is 3. The lowest BCUT2D eigenvalue weighted by molar-refractivity contribution is -0.138. The average molecular weight is 308 g/mol. The SMILES string of the molecule is O=C(O)CN1CCc2sccc2[C@@H]1c1ccccc1Cl. The molecule has 2 aromatic rings. The van der Waals surface area contributed by atoms with Gasteiger partial charge in [-0.05, 0) is 35.1 Å². The van der Waals surface area contributed by atoms with Gasteiger partial charge in [-0.1, -0.05) is 29.8 Å². The predicted octanol–water partition coefficient (Wildman–Crippen LogP) is 3.43. The Labute approximate surface area is 126 Å². The van der Waals surface area contributed by atoms with Gasteiger partial charge in [0, 0.05) is 16.4 Å². The van der Waals surface area contributed by atoms with Crippen LogP contribution >= 0.6 is 22.9 Å². The van der Waals surface area contributed by atoms with E-state index in [9.17, 15) is 4.79 Å². The van der Waals surface area contributed by atoms with Crippen LogP contribution in [0.5, 0.6) is 0 Å². The van der Waals surface area contributed by atoms with E-state index in [2.05, 4.69) is 11.4 Å². The molecule has 0 spiro atoms. The molecular weight excluding hydrogens is 294 g/mol. The summed E-state index contributed by atoms with van der Waals surface area (Å²) >= 11 is 8.06. The highest BCUT2D eigenvalue weighted by molar-refractivity contribution is 7.10. The first-order valence-corrected chi connectivity index (χ1v) is 7.69. The van der Waals surface area contributed by atoms with E-state index in [1.54, 1.807) is 11.3 Å². The fourth-order valence-corrected chi connectivity index (χ4v) is 3.92. The molecule has 1 atom stereocenters. The first-order valence-electron chi connectivity index (χ1n) is 6.43. The molecule has 0 fully saturated rings. The molecule has 0 saturated carbocycles. The van der Waals surface area contributed by atoms with Crippen molar-refractivity contribution in [3.8, 4) is 0 Å². The summed E-state index contributed by atoms with van der Waals surface area (Å²) in [7, 11) is 0. The summed E-state index contributed by atoms with van der Waals surface area (Å²) in [5.74, 6) is -0.805. The Morgan fingerprint density at radius 1 is 1.35 bits per heavy atom. The number of thiophene rings is 1. The number of aliphatic carboxylic acids is 1. The highest BCUT2D eigenvalue weighted by atomic mass is 35.5. The molecular formula is C15H14ClNO2S. The van der Waals surface area contributed by atoms with E-state index in [1.165, 1.54) is 10.4 Å². The third kappa shape index (κ3) is 2.46. The van der Waals surface area contributed by atoms with Gasteiger partial charge < -0.3 is 5.11 Å². The van der Waals surface area contributed by atoms with Crippen LogP contribution in [-0.4, -0.2) is 29.1 Å². The number of fused-ring (bicyclic) bond motifs is 1. The summed E-state index contributed by atoms with van der Waals surface area (Å²) in [5, 5.41) is 11.9. The van der Waals surface area contributed by atoms with Gasteiger partial charge in [0.2, 0.25) is 0 Å². The summed E-state index contributed by atoms with van der Waals surface area (Å²) in [6, 6.07) is 9.70. The molecule has 1 aromatic heterocycles. The normalized spacial score (nSPS) is 18.8. The zero-order valence-corrected chi connectivity index (χ0v) is 12.3. The number of nitrogens with zero attached hydrogens (tertiary/aromatic N) is 1. The van der Waals surface area contributed by atoms with Crippen LogP contribution in [0.2, 0.25) is 5.02 Å². The van der Waals surface area contributed by atoms with Crippen LogP contribution in [0.3, 0.4) is 0 Å². The maximum Gasteiger partial charge on any atom is 0.317 e. The minimum absolute atomic E-state index is 0.0329. The van der Waals surface area contributed by atoms with Crippen LogP contribution < -0.4 is 0 Å². The number of carboxylic acid groups (broad SMARTS) is 1. The van der Waals surface area contributed by atoms with E-state index in [0.29, 0.717) is 5.02 Å². The van der Waals surface area contributed by atoms with Gasteiger partial charge in [-0.2, -0.15) is 0 Å². The lowest BCUT2D eigenvalue weighted by Gasteiger charge is -2.35. The van der Waals surface area contributed by atoms with Crippen molar-refractivity contribution < 1.29 is 9.90 Å². The van der Waals surface area contributed by atoms with Gasteiger partial charge in [0.05, 0.1) is 12.6 Å². The van der Waals surface area contributed by atoms with Crippen molar-refractivity contribution in [2.24, 2.45) is 0 Å². The largest absolute Gasteiger partial charge is 0.480 e. The van der Waals surface area contributed by atoms with Gasteiger partial charge in [0.15, 0.2) is 0 Å². The molecule has 5 heteroatoms. The van der Waals surface area contributed by atoms with Crippen molar-refractivity contribution in [3.63, 3.8) is 0 Å². The molecule has 20 heavy (non-hydrogen) atoms. The van der Waals surface area contributed by atoms with E-state index in [1.807, 2.05) is 29.2 Å². The molecule has 104 valence electrons. The lowest BCUT2D eigenvalue weighted by Crippen LogP contribution is -2.39. The van der Waals surface area contributed by atoms with Crippen molar-refractivity contribution in [2.45, 2.75) is 12.5 Å².